The monoisotopic (exact) mass is 322 g/mol. The van der Waals surface area contributed by atoms with Crippen LogP contribution in [0.5, 0.6) is 0 Å². The van der Waals surface area contributed by atoms with Crippen LogP contribution in [-0.2, 0) is 6.42 Å². The van der Waals surface area contributed by atoms with Gasteiger partial charge in [-0.1, -0.05) is 19.0 Å². The number of hydrogen-bond acceptors (Lipinski definition) is 8. The van der Waals surface area contributed by atoms with Crippen LogP contribution in [0.2, 0.25) is 0 Å². The normalized spacial score (nSPS) is 18.3. The standard InChI is InChI=1S/C13H18N6O2S/c1-7(2)6-9-15-13(22-18-9)19-5-3-4-8(19)12-16-11(10(14)20)17-21-12/h7-8H,3-6H2,1-2H3,(H2,14,20). The van der Waals surface area contributed by atoms with Gasteiger partial charge in [0.2, 0.25) is 11.0 Å². The fourth-order valence-corrected chi connectivity index (χ4v) is 3.30. The number of primary amides is 1. The minimum atomic E-state index is -0.685. The van der Waals surface area contributed by atoms with Gasteiger partial charge in [0.05, 0.1) is 0 Å². The van der Waals surface area contributed by atoms with Crippen molar-refractivity contribution in [3.8, 4) is 0 Å². The first-order chi connectivity index (χ1) is 10.5. The molecule has 0 saturated carbocycles. The minimum Gasteiger partial charge on any atom is -0.363 e. The third kappa shape index (κ3) is 2.94. The van der Waals surface area contributed by atoms with E-state index in [1.807, 2.05) is 0 Å². The van der Waals surface area contributed by atoms with Crippen LogP contribution in [-0.4, -0.2) is 32.0 Å². The van der Waals surface area contributed by atoms with E-state index in [-0.39, 0.29) is 11.9 Å². The minimum absolute atomic E-state index is 0.0690. The van der Waals surface area contributed by atoms with Crippen LogP contribution >= 0.6 is 11.5 Å². The molecular formula is C13H18N6O2S. The lowest BCUT2D eigenvalue weighted by Gasteiger charge is -2.19. The van der Waals surface area contributed by atoms with E-state index in [4.69, 9.17) is 10.3 Å². The van der Waals surface area contributed by atoms with Crippen molar-refractivity contribution in [2.24, 2.45) is 11.7 Å². The van der Waals surface area contributed by atoms with Gasteiger partial charge in [0, 0.05) is 24.5 Å². The van der Waals surface area contributed by atoms with E-state index in [0.717, 1.165) is 36.8 Å². The molecule has 1 amide bonds. The van der Waals surface area contributed by atoms with Crippen molar-refractivity contribution >= 4 is 22.6 Å². The van der Waals surface area contributed by atoms with Gasteiger partial charge >= 0.3 is 0 Å². The number of hydrogen-bond donors (Lipinski definition) is 1. The Hall–Kier alpha value is -2.03. The van der Waals surface area contributed by atoms with Crippen molar-refractivity contribution in [3.05, 3.63) is 17.5 Å². The Kier molecular flexibility index (Phi) is 4.06. The van der Waals surface area contributed by atoms with Gasteiger partial charge < -0.3 is 15.2 Å². The highest BCUT2D eigenvalue weighted by Crippen LogP contribution is 2.36. The third-order valence-corrected chi connectivity index (χ3v) is 4.29. The molecule has 22 heavy (non-hydrogen) atoms. The zero-order chi connectivity index (χ0) is 15.7. The molecule has 1 saturated heterocycles. The predicted octanol–water partition coefficient (Wildman–Crippen LogP) is 1.56. The number of aromatic nitrogens is 4. The molecule has 0 spiro atoms. The van der Waals surface area contributed by atoms with Crippen molar-refractivity contribution in [2.45, 2.75) is 39.2 Å². The lowest BCUT2D eigenvalue weighted by atomic mass is 10.1. The van der Waals surface area contributed by atoms with Gasteiger partial charge in [0.1, 0.15) is 11.9 Å². The van der Waals surface area contributed by atoms with E-state index in [1.54, 1.807) is 0 Å². The van der Waals surface area contributed by atoms with Gasteiger partial charge in [-0.3, -0.25) is 4.79 Å². The van der Waals surface area contributed by atoms with Crippen LogP contribution < -0.4 is 10.6 Å². The number of anilines is 1. The Bertz CT molecular complexity index is 667. The Morgan fingerprint density at radius 3 is 3.00 bits per heavy atom. The zero-order valence-corrected chi connectivity index (χ0v) is 13.3. The van der Waals surface area contributed by atoms with Gasteiger partial charge in [-0.15, -0.1) is 0 Å². The number of carbonyl (C=O) groups is 1. The smallest absolute Gasteiger partial charge is 0.290 e. The van der Waals surface area contributed by atoms with Gasteiger partial charge in [-0.25, -0.2) is 4.98 Å². The Labute approximate surface area is 131 Å². The van der Waals surface area contributed by atoms with Crippen LogP contribution in [0.25, 0.3) is 0 Å². The maximum absolute atomic E-state index is 11.1. The molecule has 1 unspecified atom stereocenters. The Morgan fingerprint density at radius 1 is 1.50 bits per heavy atom. The van der Waals surface area contributed by atoms with Crippen LogP contribution in [0.15, 0.2) is 4.52 Å². The van der Waals surface area contributed by atoms with Crippen LogP contribution in [0, 0.1) is 5.92 Å². The second kappa shape index (κ2) is 5.99. The fraction of sp³-hybridized carbons (Fsp3) is 0.615. The molecule has 0 aromatic carbocycles. The first kappa shape index (κ1) is 14.9. The molecule has 1 aliphatic rings. The van der Waals surface area contributed by atoms with Crippen molar-refractivity contribution in [2.75, 3.05) is 11.4 Å². The average molecular weight is 322 g/mol. The summed E-state index contributed by atoms with van der Waals surface area (Å²) < 4.78 is 9.60. The van der Waals surface area contributed by atoms with Crippen LogP contribution in [0.1, 0.15) is 55.1 Å². The number of amides is 1. The first-order valence-corrected chi connectivity index (χ1v) is 8.04. The molecule has 118 valence electrons. The number of rotatable bonds is 5. The lowest BCUT2D eigenvalue weighted by molar-refractivity contribution is 0.0987. The van der Waals surface area contributed by atoms with Crippen LogP contribution in [0.3, 0.4) is 0 Å². The van der Waals surface area contributed by atoms with Crippen molar-refractivity contribution in [1.82, 2.24) is 19.5 Å². The molecule has 2 aromatic heterocycles. The predicted molar refractivity (Wildman–Crippen MR) is 80.6 cm³/mol. The molecule has 1 aliphatic heterocycles. The number of nitrogens with zero attached hydrogens (tertiary/aromatic N) is 5. The Balaban J connectivity index is 1.80. The molecule has 2 N–H and O–H groups in total. The number of nitrogens with two attached hydrogens (primary N) is 1. The van der Waals surface area contributed by atoms with Gasteiger partial charge in [0.15, 0.2) is 0 Å². The largest absolute Gasteiger partial charge is 0.363 e. The first-order valence-electron chi connectivity index (χ1n) is 7.27. The molecule has 9 heteroatoms. The molecule has 3 heterocycles. The summed E-state index contributed by atoms with van der Waals surface area (Å²) in [7, 11) is 0. The van der Waals surface area contributed by atoms with Gasteiger partial charge in [-0.05, 0) is 18.8 Å². The summed E-state index contributed by atoms with van der Waals surface area (Å²) in [6.07, 6.45) is 2.74. The quantitative estimate of drug-likeness (QED) is 0.889. The zero-order valence-electron chi connectivity index (χ0n) is 12.5. The fourth-order valence-electron chi connectivity index (χ4n) is 2.53. The lowest BCUT2D eigenvalue weighted by Crippen LogP contribution is -2.23. The molecule has 2 aromatic rings. The maximum atomic E-state index is 11.1. The second-order valence-electron chi connectivity index (χ2n) is 5.76. The summed E-state index contributed by atoms with van der Waals surface area (Å²) in [5.74, 6) is 1.02. The maximum Gasteiger partial charge on any atom is 0.290 e. The van der Waals surface area contributed by atoms with E-state index in [0.29, 0.717) is 11.8 Å². The summed E-state index contributed by atoms with van der Waals surface area (Å²) in [5, 5.41) is 4.47. The summed E-state index contributed by atoms with van der Waals surface area (Å²) in [5.41, 5.74) is 5.16. The summed E-state index contributed by atoms with van der Waals surface area (Å²) in [6, 6.07) is -0.0690. The average Bonchev–Trinajstić information content (AvgIpc) is 3.17. The highest BCUT2D eigenvalue weighted by molar-refractivity contribution is 7.09. The van der Waals surface area contributed by atoms with Crippen molar-refractivity contribution in [1.29, 1.82) is 0 Å². The topological polar surface area (TPSA) is 111 Å². The summed E-state index contributed by atoms with van der Waals surface area (Å²) in [4.78, 5) is 21.9. The molecule has 3 rings (SSSR count). The van der Waals surface area contributed by atoms with E-state index in [2.05, 4.69) is 38.2 Å². The molecule has 1 fully saturated rings. The second-order valence-corrected chi connectivity index (χ2v) is 6.49. The third-order valence-electron chi connectivity index (χ3n) is 3.49. The van der Waals surface area contributed by atoms with Crippen LogP contribution in [0.4, 0.5) is 5.13 Å². The van der Waals surface area contributed by atoms with E-state index in [1.165, 1.54) is 11.5 Å². The molecule has 0 bridgehead atoms. The van der Waals surface area contributed by atoms with E-state index in [9.17, 15) is 4.79 Å². The molecule has 0 aliphatic carbocycles. The number of carbonyl (C=O) groups excluding carboxylic acids is 1. The van der Waals surface area contributed by atoms with Crippen molar-refractivity contribution < 1.29 is 9.32 Å². The highest BCUT2D eigenvalue weighted by atomic mass is 32.1. The molecule has 1 atom stereocenters. The van der Waals surface area contributed by atoms with E-state index >= 15 is 0 Å². The SMILES string of the molecule is CC(C)Cc1nsc(N2CCCC2c2nc(C(N)=O)no2)n1. The summed E-state index contributed by atoms with van der Waals surface area (Å²) in [6.45, 7) is 5.14. The Morgan fingerprint density at radius 2 is 2.32 bits per heavy atom. The van der Waals surface area contributed by atoms with Crippen molar-refractivity contribution in [3.63, 3.8) is 0 Å². The van der Waals surface area contributed by atoms with Gasteiger partial charge in [0.25, 0.3) is 11.7 Å². The summed E-state index contributed by atoms with van der Waals surface area (Å²) >= 11 is 1.38. The molecule has 0 radical (unpaired) electrons. The van der Waals surface area contributed by atoms with E-state index < -0.39 is 5.91 Å². The molecular weight excluding hydrogens is 304 g/mol. The molecule has 8 nitrogen and oxygen atoms in total. The van der Waals surface area contributed by atoms with Gasteiger partial charge in [-0.2, -0.15) is 9.36 Å². The highest BCUT2D eigenvalue weighted by Gasteiger charge is 2.33.